The summed E-state index contributed by atoms with van der Waals surface area (Å²) in [5.41, 5.74) is 1.91. The maximum Gasteiger partial charge on any atom is 0.345 e. The number of rotatable bonds is 6. The summed E-state index contributed by atoms with van der Waals surface area (Å²) < 4.78 is 39.4. The molecule has 0 amide bonds. The minimum Gasteiger partial charge on any atom is -0.497 e. The Morgan fingerprint density at radius 2 is 1.61 bits per heavy atom. The fourth-order valence-electron chi connectivity index (χ4n) is 3.37. The van der Waals surface area contributed by atoms with Gasteiger partial charge in [0, 0.05) is 0 Å². The highest BCUT2D eigenvalue weighted by atomic mass is 32.2. The Morgan fingerprint density at radius 3 is 2.27 bits per heavy atom. The van der Waals surface area contributed by atoms with Crippen molar-refractivity contribution >= 4 is 15.8 Å². The van der Waals surface area contributed by atoms with Gasteiger partial charge in [-0.05, 0) is 56.3 Å². The van der Waals surface area contributed by atoms with Crippen LogP contribution in [0.2, 0.25) is 0 Å². The van der Waals surface area contributed by atoms with E-state index in [4.69, 9.17) is 9.47 Å². The second-order valence-electron chi connectivity index (χ2n) is 7.41. The lowest BCUT2D eigenvalue weighted by Crippen LogP contribution is -2.14. The van der Waals surface area contributed by atoms with Crippen LogP contribution in [0.15, 0.2) is 88.7 Å². The van der Waals surface area contributed by atoms with Crippen molar-refractivity contribution in [2.45, 2.75) is 23.6 Å². The van der Waals surface area contributed by atoms with Crippen molar-refractivity contribution in [3.05, 3.63) is 95.7 Å². The molecule has 1 aromatic heterocycles. The van der Waals surface area contributed by atoms with E-state index in [2.05, 4.69) is 5.10 Å². The fraction of sp³-hybridized carbons (Fsp3) is 0.120. The van der Waals surface area contributed by atoms with Crippen LogP contribution >= 0.6 is 0 Å². The SMILES string of the molecule is COc1cccc(C(=O)Oc2c(S(=O)(=O)c3ccc(C)cc3)c(C)nn2-c2ccccc2)c1. The number of para-hydroxylation sites is 1. The highest BCUT2D eigenvalue weighted by Crippen LogP contribution is 2.35. The topological polar surface area (TPSA) is 87.5 Å². The number of benzene rings is 3. The van der Waals surface area contributed by atoms with E-state index in [-0.39, 0.29) is 26.9 Å². The summed E-state index contributed by atoms with van der Waals surface area (Å²) in [6.45, 7) is 3.44. The maximum absolute atomic E-state index is 13.6. The molecule has 8 heteroatoms. The number of ether oxygens (including phenoxy) is 2. The highest BCUT2D eigenvalue weighted by Gasteiger charge is 2.32. The third-order valence-corrected chi connectivity index (χ3v) is 6.96. The number of aromatic nitrogens is 2. The number of hydrogen-bond donors (Lipinski definition) is 0. The molecule has 33 heavy (non-hydrogen) atoms. The summed E-state index contributed by atoms with van der Waals surface area (Å²) in [5.74, 6) is -0.428. The Labute approximate surface area is 192 Å². The van der Waals surface area contributed by atoms with Gasteiger partial charge >= 0.3 is 5.97 Å². The van der Waals surface area contributed by atoms with Crippen LogP contribution < -0.4 is 9.47 Å². The summed E-state index contributed by atoms with van der Waals surface area (Å²) in [6, 6.07) is 21.8. The smallest absolute Gasteiger partial charge is 0.345 e. The predicted octanol–water partition coefficient (Wildman–Crippen LogP) is 4.55. The van der Waals surface area contributed by atoms with E-state index in [9.17, 15) is 13.2 Å². The van der Waals surface area contributed by atoms with Crippen LogP contribution in [0.5, 0.6) is 11.6 Å². The van der Waals surface area contributed by atoms with E-state index in [1.807, 2.05) is 13.0 Å². The number of hydrogen-bond acceptors (Lipinski definition) is 6. The summed E-state index contributed by atoms with van der Waals surface area (Å²) in [6.07, 6.45) is 0. The third kappa shape index (κ3) is 4.38. The molecular formula is C25H22N2O5S. The molecule has 0 bridgehead atoms. The molecule has 168 valence electrons. The first-order valence-corrected chi connectivity index (χ1v) is 11.6. The van der Waals surface area contributed by atoms with Gasteiger partial charge in [0.2, 0.25) is 15.7 Å². The summed E-state index contributed by atoms with van der Waals surface area (Å²) in [4.78, 5) is 12.9. The first-order chi connectivity index (χ1) is 15.8. The van der Waals surface area contributed by atoms with Gasteiger partial charge in [-0.25, -0.2) is 13.2 Å². The second-order valence-corrected chi connectivity index (χ2v) is 9.29. The van der Waals surface area contributed by atoms with Crippen molar-refractivity contribution in [1.82, 2.24) is 9.78 Å². The molecule has 0 unspecified atom stereocenters. The molecule has 0 saturated heterocycles. The Morgan fingerprint density at radius 1 is 0.909 bits per heavy atom. The van der Waals surface area contributed by atoms with E-state index < -0.39 is 15.8 Å². The van der Waals surface area contributed by atoms with Crippen LogP contribution in [0.4, 0.5) is 0 Å². The molecule has 3 aromatic carbocycles. The zero-order valence-electron chi connectivity index (χ0n) is 18.3. The minimum atomic E-state index is -4.03. The number of methoxy groups -OCH3 is 1. The van der Waals surface area contributed by atoms with Crippen molar-refractivity contribution in [1.29, 1.82) is 0 Å². The van der Waals surface area contributed by atoms with E-state index in [0.717, 1.165) is 5.56 Å². The number of sulfone groups is 1. The number of carbonyl (C=O) groups excluding carboxylic acids is 1. The van der Waals surface area contributed by atoms with Crippen LogP contribution in [0.25, 0.3) is 5.69 Å². The fourth-order valence-corrected chi connectivity index (χ4v) is 4.88. The molecule has 0 spiro atoms. The molecule has 7 nitrogen and oxygen atoms in total. The van der Waals surface area contributed by atoms with E-state index in [1.165, 1.54) is 30.0 Å². The van der Waals surface area contributed by atoms with Crippen LogP contribution in [-0.2, 0) is 9.84 Å². The molecule has 0 saturated carbocycles. The Balaban J connectivity index is 1.88. The summed E-state index contributed by atoms with van der Waals surface area (Å²) in [5, 5.41) is 4.41. The molecule has 0 atom stereocenters. The zero-order valence-corrected chi connectivity index (χ0v) is 19.2. The van der Waals surface area contributed by atoms with Crippen molar-refractivity contribution in [3.63, 3.8) is 0 Å². The molecular weight excluding hydrogens is 440 g/mol. The maximum atomic E-state index is 13.6. The van der Waals surface area contributed by atoms with E-state index in [0.29, 0.717) is 11.4 Å². The first-order valence-electron chi connectivity index (χ1n) is 10.1. The average Bonchev–Trinajstić information content (AvgIpc) is 3.16. The average molecular weight is 463 g/mol. The Hall–Kier alpha value is -3.91. The van der Waals surface area contributed by atoms with Gasteiger partial charge < -0.3 is 9.47 Å². The zero-order chi connectivity index (χ0) is 23.6. The lowest BCUT2D eigenvalue weighted by molar-refractivity contribution is 0.0718. The molecule has 4 rings (SSSR count). The second kappa shape index (κ2) is 8.91. The van der Waals surface area contributed by atoms with Crippen molar-refractivity contribution in [2.75, 3.05) is 7.11 Å². The van der Waals surface area contributed by atoms with Gasteiger partial charge in [-0.2, -0.15) is 9.78 Å². The number of aryl methyl sites for hydroxylation is 2. The highest BCUT2D eigenvalue weighted by molar-refractivity contribution is 7.91. The standard InChI is InChI=1S/C25H22N2O5S/c1-17-12-14-22(15-13-17)33(29,30)23-18(2)26-27(20-9-5-4-6-10-20)24(23)32-25(28)19-8-7-11-21(16-19)31-3/h4-16H,1-3H3. The van der Waals surface area contributed by atoms with Gasteiger partial charge in [0.25, 0.3) is 0 Å². The van der Waals surface area contributed by atoms with Gasteiger partial charge in [-0.3, -0.25) is 0 Å². The Kier molecular flexibility index (Phi) is 6.02. The van der Waals surface area contributed by atoms with E-state index >= 15 is 0 Å². The molecule has 0 fully saturated rings. The van der Waals surface area contributed by atoms with Crippen LogP contribution in [-0.4, -0.2) is 31.3 Å². The Bertz CT molecular complexity index is 1410. The minimum absolute atomic E-state index is 0.0856. The van der Waals surface area contributed by atoms with Crippen LogP contribution in [0.1, 0.15) is 21.6 Å². The number of nitrogens with zero attached hydrogens (tertiary/aromatic N) is 2. The largest absolute Gasteiger partial charge is 0.497 e. The summed E-state index contributed by atoms with van der Waals surface area (Å²) >= 11 is 0. The first kappa shape index (κ1) is 22.3. The molecule has 0 aliphatic rings. The lowest BCUT2D eigenvalue weighted by Gasteiger charge is -2.11. The molecule has 4 aromatic rings. The number of carbonyl (C=O) groups is 1. The third-order valence-electron chi connectivity index (χ3n) is 5.06. The van der Waals surface area contributed by atoms with Crippen molar-refractivity contribution in [2.24, 2.45) is 0 Å². The van der Waals surface area contributed by atoms with Gasteiger partial charge in [0.1, 0.15) is 5.75 Å². The van der Waals surface area contributed by atoms with Crippen LogP contribution in [0, 0.1) is 13.8 Å². The molecule has 0 aliphatic carbocycles. The normalized spacial score (nSPS) is 11.2. The quantitative estimate of drug-likeness (QED) is 0.391. The summed E-state index contributed by atoms with van der Waals surface area (Å²) in [7, 11) is -2.54. The monoisotopic (exact) mass is 462 g/mol. The molecule has 1 heterocycles. The number of esters is 1. The molecule has 0 N–H and O–H groups in total. The predicted molar refractivity (Wildman–Crippen MR) is 123 cm³/mol. The van der Waals surface area contributed by atoms with Gasteiger partial charge in [-0.1, -0.05) is 42.0 Å². The molecule has 0 aliphatic heterocycles. The van der Waals surface area contributed by atoms with Crippen molar-refractivity contribution < 1.29 is 22.7 Å². The van der Waals surface area contributed by atoms with Gasteiger partial charge in [0.15, 0.2) is 4.90 Å². The molecule has 0 radical (unpaired) electrons. The van der Waals surface area contributed by atoms with Crippen molar-refractivity contribution in [3.8, 4) is 17.3 Å². The van der Waals surface area contributed by atoms with Crippen LogP contribution in [0.3, 0.4) is 0 Å². The van der Waals surface area contributed by atoms with Gasteiger partial charge in [0.05, 0.1) is 29.0 Å². The van der Waals surface area contributed by atoms with E-state index in [1.54, 1.807) is 61.5 Å². The van der Waals surface area contributed by atoms with Gasteiger partial charge in [-0.15, -0.1) is 0 Å². The lowest BCUT2D eigenvalue weighted by atomic mass is 10.2.